The number of anilines is 1. The number of carbonyl (C=O) groups excluding carboxylic acids is 2. The topological polar surface area (TPSA) is 73.9 Å². The average Bonchev–Trinajstić information content (AvgIpc) is 3.43. The van der Waals surface area contributed by atoms with Gasteiger partial charge in [-0.25, -0.2) is 4.79 Å². The first kappa shape index (κ1) is 25.1. The number of rotatable bonds is 8. The van der Waals surface area contributed by atoms with Crippen LogP contribution in [0.25, 0.3) is 6.08 Å². The van der Waals surface area contributed by atoms with Crippen molar-refractivity contribution in [3.05, 3.63) is 79.7 Å². The lowest BCUT2D eigenvalue weighted by molar-refractivity contribution is -0.111. The van der Waals surface area contributed by atoms with Gasteiger partial charge in [-0.1, -0.05) is 35.3 Å². The number of amides is 1. The van der Waals surface area contributed by atoms with Crippen molar-refractivity contribution in [2.45, 2.75) is 25.9 Å². The maximum absolute atomic E-state index is 12.6. The van der Waals surface area contributed by atoms with Gasteiger partial charge in [0.15, 0.2) is 11.5 Å². The Bertz CT molecular complexity index is 1280. The average molecular weight is 532 g/mol. The van der Waals surface area contributed by atoms with E-state index in [1.54, 1.807) is 42.5 Å². The smallest absolute Gasteiger partial charge is 0.341 e. The van der Waals surface area contributed by atoms with E-state index in [0.717, 1.165) is 35.3 Å². The van der Waals surface area contributed by atoms with Gasteiger partial charge in [0.2, 0.25) is 5.91 Å². The first-order valence-corrected chi connectivity index (χ1v) is 12.4. The first-order valence-electron chi connectivity index (χ1n) is 10.9. The highest BCUT2D eigenvalue weighted by Crippen LogP contribution is 2.39. The summed E-state index contributed by atoms with van der Waals surface area (Å²) in [7, 11) is 2.88. The van der Waals surface area contributed by atoms with Crippen LogP contribution in [0.2, 0.25) is 10.0 Å². The molecule has 35 heavy (non-hydrogen) atoms. The number of methoxy groups -OCH3 is 2. The molecule has 0 unspecified atom stereocenters. The van der Waals surface area contributed by atoms with Crippen molar-refractivity contribution in [2.75, 3.05) is 19.5 Å². The zero-order valence-corrected chi connectivity index (χ0v) is 21.5. The minimum absolute atomic E-state index is 0.180. The standard InChI is InChI=1S/C26H23Cl2NO5S/c1-32-21-13-15(9-11-20(21)34-14-17-18(27)6-4-7-19(17)28)10-12-23(30)29-25-24(26(31)33-2)16-5-3-8-22(16)35-25/h4,6-7,9-13H,3,5,8,14H2,1-2H3,(H,29,30)/b12-10+. The number of ether oxygens (including phenoxy) is 3. The number of esters is 1. The summed E-state index contributed by atoms with van der Waals surface area (Å²) < 4.78 is 16.3. The van der Waals surface area contributed by atoms with Crippen molar-refractivity contribution in [3.8, 4) is 11.5 Å². The molecule has 0 aliphatic heterocycles. The van der Waals surface area contributed by atoms with Gasteiger partial charge in [-0.15, -0.1) is 11.3 Å². The molecule has 9 heteroatoms. The summed E-state index contributed by atoms with van der Waals surface area (Å²) in [5.74, 6) is 0.240. The van der Waals surface area contributed by atoms with Crippen LogP contribution in [0, 0.1) is 0 Å². The number of benzene rings is 2. The van der Waals surface area contributed by atoms with Crippen molar-refractivity contribution in [1.29, 1.82) is 0 Å². The van der Waals surface area contributed by atoms with Crippen molar-refractivity contribution >= 4 is 57.5 Å². The highest BCUT2D eigenvalue weighted by atomic mass is 35.5. The molecule has 0 saturated carbocycles. The molecule has 2 aromatic carbocycles. The van der Waals surface area contributed by atoms with Gasteiger partial charge in [0.05, 0.1) is 19.8 Å². The van der Waals surface area contributed by atoms with E-state index < -0.39 is 5.97 Å². The molecular weight excluding hydrogens is 509 g/mol. The van der Waals surface area contributed by atoms with Gasteiger partial charge in [0, 0.05) is 26.6 Å². The summed E-state index contributed by atoms with van der Waals surface area (Å²) in [6.07, 6.45) is 5.80. The molecular formula is C26H23Cl2NO5S. The number of hydrogen-bond donors (Lipinski definition) is 1. The van der Waals surface area contributed by atoms with E-state index >= 15 is 0 Å². The van der Waals surface area contributed by atoms with E-state index in [0.29, 0.717) is 37.7 Å². The third kappa shape index (κ3) is 5.64. The fourth-order valence-corrected chi connectivity index (χ4v) is 5.65. The van der Waals surface area contributed by atoms with Crippen molar-refractivity contribution in [3.63, 3.8) is 0 Å². The van der Waals surface area contributed by atoms with Crippen LogP contribution in [0.15, 0.2) is 42.5 Å². The fraction of sp³-hybridized carbons (Fsp3) is 0.231. The summed E-state index contributed by atoms with van der Waals surface area (Å²) in [6.45, 7) is 0.180. The van der Waals surface area contributed by atoms with E-state index in [-0.39, 0.29) is 12.5 Å². The third-order valence-corrected chi connectivity index (χ3v) is 7.51. The van der Waals surface area contributed by atoms with Gasteiger partial charge in [-0.2, -0.15) is 0 Å². The van der Waals surface area contributed by atoms with Gasteiger partial charge in [-0.05, 0) is 60.7 Å². The summed E-state index contributed by atoms with van der Waals surface area (Å²) >= 11 is 13.9. The van der Waals surface area contributed by atoms with Gasteiger partial charge < -0.3 is 19.5 Å². The van der Waals surface area contributed by atoms with Crippen LogP contribution in [0.3, 0.4) is 0 Å². The Kier molecular flexibility index (Phi) is 8.00. The van der Waals surface area contributed by atoms with Gasteiger partial charge in [0.25, 0.3) is 0 Å². The molecule has 1 heterocycles. The SMILES string of the molecule is COC(=O)c1c(NC(=O)/C=C/c2ccc(OCc3c(Cl)cccc3Cl)c(OC)c2)sc2c1CCC2. The van der Waals surface area contributed by atoms with Crippen molar-refractivity contribution < 1.29 is 23.8 Å². The number of carbonyl (C=O) groups is 2. The molecule has 0 fully saturated rings. The molecule has 0 saturated heterocycles. The number of hydrogen-bond acceptors (Lipinski definition) is 6. The number of thiophene rings is 1. The van der Waals surface area contributed by atoms with Gasteiger partial charge >= 0.3 is 5.97 Å². The van der Waals surface area contributed by atoms with Crippen LogP contribution >= 0.6 is 34.5 Å². The van der Waals surface area contributed by atoms with Crippen LogP contribution in [0.4, 0.5) is 5.00 Å². The molecule has 1 amide bonds. The van der Waals surface area contributed by atoms with Crippen molar-refractivity contribution in [2.24, 2.45) is 0 Å². The molecule has 1 aromatic heterocycles. The van der Waals surface area contributed by atoms with Crippen LogP contribution in [-0.4, -0.2) is 26.1 Å². The maximum Gasteiger partial charge on any atom is 0.341 e. The highest BCUT2D eigenvalue weighted by molar-refractivity contribution is 7.17. The summed E-state index contributed by atoms with van der Waals surface area (Å²) in [5.41, 5.74) is 2.87. The molecule has 182 valence electrons. The van der Waals surface area contributed by atoms with Crippen LogP contribution in [0.5, 0.6) is 11.5 Å². The minimum Gasteiger partial charge on any atom is -0.493 e. The third-order valence-electron chi connectivity index (χ3n) is 5.60. The normalized spacial score (nSPS) is 12.5. The summed E-state index contributed by atoms with van der Waals surface area (Å²) in [6, 6.07) is 10.6. The Morgan fingerprint density at radius 3 is 2.57 bits per heavy atom. The fourth-order valence-electron chi connectivity index (χ4n) is 3.86. The zero-order valence-electron chi connectivity index (χ0n) is 19.2. The van der Waals surface area contributed by atoms with Gasteiger partial charge in [0.1, 0.15) is 11.6 Å². The Morgan fingerprint density at radius 1 is 1.09 bits per heavy atom. The lowest BCUT2D eigenvalue weighted by Gasteiger charge is -2.13. The van der Waals surface area contributed by atoms with Crippen LogP contribution in [0.1, 0.15) is 38.3 Å². The highest BCUT2D eigenvalue weighted by Gasteiger charge is 2.27. The first-order chi connectivity index (χ1) is 16.9. The summed E-state index contributed by atoms with van der Waals surface area (Å²) in [5, 5.41) is 4.39. The largest absolute Gasteiger partial charge is 0.493 e. The second kappa shape index (κ2) is 11.2. The Labute approximate surface area is 217 Å². The second-order valence-electron chi connectivity index (χ2n) is 7.77. The van der Waals surface area contributed by atoms with Crippen molar-refractivity contribution in [1.82, 2.24) is 0 Å². The molecule has 0 radical (unpaired) electrons. The molecule has 4 rings (SSSR count). The quantitative estimate of drug-likeness (QED) is 0.263. The molecule has 1 N–H and O–H groups in total. The zero-order chi connectivity index (χ0) is 24.9. The maximum atomic E-state index is 12.6. The second-order valence-corrected chi connectivity index (χ2v) is 9.69. The molecule has 6 nitrogen and oxygen atoms in total. The van der Waals surface area contributed by atoms with Gasteiger partial charge in [-0.3, -0.25) is 4.79 Å². The predicted octanol–water partition coefficient (Wildman–Crippen LogP) is 6.57. The Morgan fingerprint density at radius 2 is 1.86 bits per heavy atom. The summed E-state index contributed by atoms with van der Waals surface area (Å²) in [4.78, 5) is 26.0. The van der Waals surface area contributed by atoms with E-state index in [1.165, 1.54) is 31.6 Å². The molecule has 0 spiro atoms. The number of halogens is 2. The Hall–Kier alpha value is -3.00. The monoisotopic (exact) mass is 531 g/mol. The van der Waals surface area contributed by atoms with E-state index in [2.05, 4.69) is 5.32 Å². The molecule has 0 atom stereocenters. The lowest BCUT2D eigenvalue weighted by atomic mass is 10.1. The van der Waals surface area contributed by atoms with E-state index in [1.807, 2.05) is 0 Å². The lowest BCUT2D eigenvalue weighted by Crippen LogP contribution is -2.12. The van der Waals surface area contributed by atoms with Crippen LogP contribution in [-0.2, 0) is 29.0 Å². The number of aryl methyl sites for hydroxylation is 1. The number of nitrogens with one attached hydrogen (secondary N) is 1. The minimum atomic E-state index is -0.429. The van der Waals surface area contributed by atoms with E-state index in [9.17, 15) is 9.59 Å². The Balaban J connectivity index is 1.45. The molecule has 3 aromatic rings. The van der Waals surface area contributed by atoms with Crippen LogP contribution < -0.4 is 14.8 Å². The molecule has 0 bridgehead atoms. The molecule has 1 aliphatic carbocycles. The molecule has 1 aliphatic rings. The predicted molar refractivity (Wildman–Crippen MR) is 139 cm³/mol. The van der Waals surface area contributed by atoms with E-state index in [4.69, 9.17) is 37.4 Å². The number of fused-ring (bicyclic) bond motifs is 1.